The minimum atomic E-state index is -3.97. The molecule has 1 unspecified atom stereocenters. The quantitative estimate of drug-likeness (QED) is 0.282. The van der Waals surface area contributed by atoms with Crippen molar-refractivity contribution in [3.05, 3.63) is 89.2 Å². The van der Waals surface area contributed by atoms with E-state index in [0.29, 0.717) is 27.4 Å². The Bertz CT molecular complexity index is 1600. The topological polar surface area (TPSA) is 127 Å². The normalized spacial score (nSPS) is 12.2. The molecular formula is C25H22N4O5S2. The monoisotopic (exact) mass is 522 g/mol. The van der Waals surface area contributed by atoms with Crippen LogP contribution < -0.4 is 15.6 Å². The lowest BCUT2D eigenvalue weighted by Gasteiger charge is -2.16. The minimum Gasteiger partial charge on any atom is -0.325 e. The van der Waals surface area contributed by atoms with Gasteiger partial charge >= 0.3 is 0 Å². The molecular weight excluding hydrogens is 500 g/mol. The zero-order valence-corrected chi connectivity index (χ0v) is 21.0. The van der Waals surface area contributed by atoms with Crippen molar-refractivity contribution in [1.82, 2.24) is 14.3 Å². The number of sulfonamides is 1. The first-order valence-electron chi connectivity index (χ1n) is 10.8. The van der Waals surface area contributed by atoms with Crippen molar-refractivity contribution in [2.45, 2.75) is 29.1 Å². The van der Waals surface area contributed by atoms with Crippen molar-refractivity contribution >= 4 is 50.2 Å². The fourth-order valence-corrected chi connectivity index (χ4v) is 5.33. The fraction of sp³-hybridized carbons (Fsp3) is 0.120. The highest BCUT2D eigenvalue weighted by Crippen LogP contribution is 2.26. The molecule has 0 radical (unpaired) electrons. The molecule has 0 aliphatic heterocycles. The van der Waals surface area contributed by atoms with Crippen LogP contribution >= 0.6 is 11.8 Å². The molecule has 0 spiro atoms. The van der Waals surface area contributed by atoms with Gasteiger partial charge in [0.2, 0.25) is 11.8 Å². The van der Waals surface area contributed by atoms with Gasteiger partial charge in [-0.15, -0.1) is 0 Å². The molecule has 3 aromatic carbocycles. The lowest BCUT2D eigenvalue weighted by atomic mass is 10.2. The summed E-state index contributed by atoms with van der Waals surface area (Å²) in [6, 6.07) is 21.5. The molecule has 0 aliphatic carbocycles. The average molecular weight is 523 g/mol. The molecule has 0 saturated carbocycles. The molecule has 4 rings (SSSR count). The van der Waals surface area contributed by atoms with E-state index in [2.05, 4.69) is 10.3 Å². The molecule has 9 nitrogen and oxygen atoms in total. The van der Waals surface area contributed by atoms with Gasteiger partial charge in [-0.25, -0.2) is 18.1 Å². The van der Waals surface area contributed by atoms with Gasteiger partial charge in [-0.3, -0.25) is 19.0 Å². The zero-order chi connectivity index (χ0) is 25.9. The van der Waals surface area contributed by atoms with Crippen LogP contribution in [0.25, 0.3) is 16.6 Å². The molecule has 2 amide bonds. The molecule has 36 heavy (non-hydrogen) atoms. The van der Waals surface area contributed by atoms with E-state index in [1.54, 1.807) is 43.3 Å². The predicted molar refractivity (Wildman–Crippen MR) is 139 cm³/mol. The van der Waals surface area contributed by atoms with Crippen molar-refractivity contribution in [3.63, 3.8) is 0 Å². The standard InChI is InChI=1S/C25H22N4O5S2/c1-16(23(31)26-18-12-14-20(15-13-18)36(33,34)28-17(2)30)35-25-27-22-11-7-6-10-21(22)24(32)29(25)19-8-4-3-5-9-19/h3-16H,1-2H3,(H,26,31)(H,28,30). The van der Waals surface area contributed by atoms with E-state index < -0.39 is 21.2 Å². The largest absolute Gasteiger partial charge is 0.325 e. The summed E-state index contributed by atoms with van der Waals surface area (Å²) >= 11 is 1.13. The Morgan fingerprint density at radius 1 is 0.944 bits per heavy atom. The third-order valence-electron chi connectivity index (χ3n) is 5.12. The van der Waals surface area contributed by atoms with Crippen LogP contribution in [0.15, 0.2) is 93.7 Å². The Morgan fingerprint density at radius 3 is 2.25 bits per heavy atom. The number of aromatic nitrogens is 2. The van der Waals surface area contributed by atoms with E-state index >= 15 is 0 Å². The minimum absolute atomic E-state index is 0.106. The summed E-state index contributed by atoms with van der Waals surface area (Å²) in [5.41, 5.74) is 1.30. The molecule has 0 fully saturated rings. The zero-order valence-electron chi connectivity index (χ0n) is 19.3. The van der Waals surface area contributed by atoms with Gasteiger partial charge in [0.25, 0.3) is 15.6 Å². The van der Waals surface area contributed by atoms with E-state index in [1.165, 1.54) is 28.8 Å². The second-order valence-corrected chi connectivity index (χ2v) is 10.8. The molecule has 4 aromatic rings. The highest BCUT2D eigenvalue weighted by molar-refractivity contribution is 8.00. The highest BCUT2D eigenvalue weighted by Gasteiger charge is 2.21. The number of hydrogen-bond acceptors (Lipinski definition) is 7. The third-order valence-corrected chi connectivity index (χ3v) is 7.62. The van der Waals surface area contributed by atoms with Crippen LogP contribution in [0.2, 0.25) is 0 Å². The lowest BCUT2D eigenvalue weighted by molar-refractivity contribution is -0.117. The number of para-hydroxylation sites is 2. The van der Waals surface area contributed by atoms with Crippen LogP contribution in [-0.4, -0.2) is 35.0 Å². The number of nitrogens with one attached hydrogen (secondary N) is 2. The van der Waals surface area contributed by atoms with Crippen LogP contribution in [0.5, 0.6) is 0 Å². The first-order chi connectivity index (χ1) is 17.2. The number of thioether (sulfide) groups is 1. The number of fused-ring (bicyclic) bond motifs is 1. The van der Waals surface area contributed by atoms with Crippen LogP contribution in [0.1, 0.15) is 13.8 Å². The van der Waals surface area contributed by atoms with Gasteiger partial charge in [0.1, 0.15) is 0 Å². The summed E-state index contributed by atoms with van der Waals surface area (Å²) in [6.45, 7) is 2.79. The fourth-order valence-electron chi connectivity index (χ4n) is 3.42. The van der Waals surface area contributed by atoms with Gasteiger partial charge in [-0.1, -0.05) is 42.1 Å². The van der Waals surface area contributed by atoms with Crippen molar-refractivity contribution < 1.29 is 18.0 Å². The maximum absolute atomic E-state index is 13.3. The van der Waals surface area contributed by atoms with Crippen LogP contribution in [-0.2, 0) is 19.6 Å². The predicted octanol–water partition coefficient (Wildman–Crippen LogP) is 3.33. The summed E-state index contributed by atoms with van der Waals surface area (Å²) in [5, 5.41) is 2.93. The Kier molecular flexibility index (Phi) is 7.22. The summed E-state index contributed by atoms with van der Waals surface area (Å²) in [6.07, 6.45) is 0. The molecule has 2 N–H and O–H groups in total. The summed E-state index contributed by atoms with van der Waals surface area (Å²) < 4.78 is 27.6. The number of amides is 2. The van der Waals surface area contributed by atoms with E-state index in [0.717, 1.165) is 18.7 Å². The number of carbonyl (C=O) groups is 2. The number of benzene rings is 3. The summed E-state index contributed by atoms with van der Waals surface area (Å²) in [5.74, 6) is -1.06. The van der Waals surface area contributed by atoms with Gasteiger partial charge in [0, 0.05) is 12.6 Å². The van der Waals surface area contributed by atoms with E-state index in [4.69, 9.17) is 0 Å². The first-order valence-corrected chi connectivity index (χ1v) is 13.2. The smallest absolute Gasteiger partial charge is 0.266 e. The molecule has 11 heteroatoms. The second-order valence-electron chi connectivity index (χ2n) is 7.82. The number of anilines is 1. The average Bonchev–Trinajstić information content (AvgIpc) is 2.84. The van der Waals surface area contributed by atoms with Crippen LogP contribution in [0.4, 0.5) is 5.69 Å². The van der Waals surface area contributed by atoms with Crippen molar-refractivity contribution in [2.75, 3.05) is 5.32 Å². The Hall–Kier alpha value is -3.96. The van der Waals surface area contributed by atoms with E-state index in [1.807, 2.05) is 22.9 Å². The number of hydrogen-bond donors (Lipinski definition) is 2. The Morgan fingerprint density at radius 2 is 1.58 bits per heavy atom. The Balaban J connectivity index is 1.58. The van der Waals surface area contributed by atoms with E-state index in [-0.39, 0.29) is 16.4 Å². The van der Waals surface area contributed by atoms with Gasteiger partial charge in [0.05, 0.1) is 26.7 Å². The number of nitrogens with zero attached hydrogens (tertiary/aromatic N) is 2. The van der Waals surface area contributed by atoms with Gasteiger partial charge in [0.15, 0.2) is 5.16 Å². The number of carbonyl (C=O) groups excluding carboxylic acids is 2. The van der Waals surface area contributed by atoms with Crippen LogP contribution in [0.3, 0.4) is 0 Å². The molecule has 1 heterocycles. The first kappa shape index (κ1) is 25.1. The SMILES string of the molecule is CC(=O)NS(=O)(=O)c1ccc(NC(=O)C(C)Sc2nc3ccccc3c(=O)n2-c2ccccc2)cc1. The Labute approximate surface area is 211 Å². The highest BCUT2D eigenvalue weighted by atomic mass is 32.2. The van der Waals surface area contributed by atoms with Crippen molar-refractivity contribution in [3.8, 4) is 5.69 Å². The van der Waals surface area contributed by atoms with Crippen molar-refractivity contribution in [2.24, 2.45) is 0 Å². The van der Waals surface area contributed by atoms with Gasteiger partial charge < -0.3 is 5.32 Å². The van der Waals surface area contributed by atoms with E-state index in [9.17, 15) is 22.8 Å². The molecule has 0 saturated heterocycles. The van der Waals surface area contributed by atoms with Crippen LogP contribution in [0, 0.1) is 0 Å². The third kappa shape index (κ3) is 5.47. The summed E-state index contributed by atoms with van der Waals surface area (Å²) in [7, 11) is -3.97. The lowest BCUT2D eigenvalue weighted by Crippen LogP contribution is -2.28. The molecule has 0 bridgehead atoms. The number of rotatable bonds is 7. The second kappa shape index (κ2) is 10.3. The van der Waals surface area contributed by atoms with Gasteiger partial charge in [-0.2, -0.15) is 0 Å². The molecule has 1 aromatic heterocycles. The van der Waals surface area contributed by atoms with Crippen molar-refractivity contribution in [1.29, 1.82) is 0 Å². The molecule has 0 aliphatic rings. The summed E-state index contributed by atoms with van der Waals surface area (Å²) in [4.78, 5) is 41.9. The maximum atomic E-state index is 13.3. The molecule has 184 valence electrons. The molecule has 1 atom stereocenters. The maximum Gasteiger partial charge on any atom is 0.266 e. The van der Waals surface area contributed by atoms with Gasteiger partial charge in [-0.05, 0) is 55.5 Å².